The zero-order chi connectivity index (χ0) is 21.9. The van der Waals surface area contributed by atoms with Crippen LogP contribution in [0.4, 0.5) is 4.39 Å². The molecule has 0 radical (unpaired) electrons. The van der Waals surface area contributed by atoms with Crippen molar-refractivity contribution in [1.29, 1.82) is 0 Å². The molecule has 1 N–H and O–H groups in total. The van der Waals surface area contributed by atoms with Crippen LogP contribution >= 0.6 is 0 Å². The number of halogens is 1. The average Bonchev–Trinajstić information content (AvgIpc) is 2.72. The van der Waals surface area contributed by atoms with E-state index < -0.39 is 21.7 Å². The molecule has 0 bridgehead atoms. The number of nitrogens with one attached hydrogen (secondary N) is 1. The molecule has 30 heavy (non-hydrogen) atoms. The van der Waals surface area contributed by atoms with Gasteiger partial charge in [-0.2, -0.15) is 4.31 Å². The second-order valence-electron chi connectivity index (χ2n) is 7.22. The third-order valence-corrected chi connectivity index (χ3v) is 7.12. The van der Waals surface area contributed by atoms with Gasteiger partial charge < -0.3 is 10.2 Å². The van der Waals surface area contributed by atoms with Gasteiger partial charge >= 0.3 is 0 Å². The summed E-state index contributed by atoms with van der Waals surface area (Å²) in [4.78, 5) is 26.2. The number of piperazine rings is 1. The lowest BCUT2D eigenvalue weighted by Crippen LogP contribution is -2.52. The summed E-state index contributed by atoms with van der Waals surface area (Å²) >= 11 is 0. The Morgan fingerprint density at radius 1 is 1.03 bits per heavy atom. The molecule has 1 fully saturated rings. The highest BCUT2D eigenvalue weighted by molar-refractivity contribution is 7.89. The van der Waals surface area contributed by atoms with Gasteiger partial charge in [-0.1, -0.05) is 29.8 Å². The lowest BCUT2D eigenvalue weighted by molar-refractivity contribution is -0.131. The molecule has 160 valence electrons. The van der Waals surface area contributed by atoms with Gasteiger partial charge in [-0.3, -0.25) is 9.59 Å². The first-order valence-electron chi connectivity index (χ1n) is 9.58. The molecule has 1 heterocycles. The molecule has 7 nitrogen and oxygen atoms in total. The molecule has 0 saturated carbocycles. The summed E-state index contributed by atoms with van der Waals surface area (Å²) in [5.74, 6) is -1.67. The van der Waals surface area contributed by atoms with E-state index >= 15 is 0 Å². The Hall–Kier alpha value is -2.78. The van der Waals surface area contributed by atoms with E-state index in [4.69, 9.17) is 0 Å². The Bertz CT molecular complexity index is 1060. The smallest absolute Gasteiger partial charge is 0.254 e. The Labute approximate surface area is 175 Å². The fourth-order valence-corrected chi connectivity index (χ4v) is 5.04. The highest BCUT2D eigenvalue weighted by atomic mass is 32.2. The van der Waals surface area contributed by atoms with Gasteiger partial charge in [-0.25, -0.2) is 12.8 Å². The van der Waals surface area contributed by atoms with Crippen LogP contribution in [0.3, 0.4) is 0 Å². The number of hydrogen-bond donors (Lipinski definition) is 1. The first-order chi connectivity index (χ1) is 14.2. The second-order valence-corrected chi connectivity index (χ2v) is 9.12. The Kier molecular flexibility index (Phi) is 6.52. The van der Waals surface area contributed by atoms with Crippen LogP contribution < -0.4 is 5.32 Å². The van der Waals surface area contributed by atoms with Gasteiger partial charge in [-0.05, 0) is 37.6 Å². The van der Waals surface area contributed by atoms with Crippen LogP contribution in [0.2, 0.25) is 0 Å². The number of carbonyl (C=O) groups is 2. The number of aryl methyl sites for hydroxylation is 2. The van der Waals surface area contributed by atoms with Crippen molar-refractivity contribution in [3.8, 4) is 0 Å². The Morgan fingerprint density at radius 2 is 1.70 bits per heavy atom. The minimum Gasteiger partial charge on any atom is -0.343 e. The first-order valence-corrected chi connectivity index (χ1v) is 11.0. The molecule has 3 rings (SSSR count). The molecule has 1 saturated heterocycles. The lowest BCUT2D eigenvalue weighted by Gasteiger charge is -2.34. The molecule has 1 aliphatic heterocycles. The molecule has 2 aromatic rings. The summed E-state index contributed by atoms with van der Waals surface area (Å²) in [6.45, 7) is 4.16. The van der Waals surface area contributed by atoms with Crippen molar-refractivity contribution in [1.82, 2.24) is 14.5 Å². The molecule has 2 amide bonds. The summed E-state index contributed by atoms with van der Waals surface area (Å²) in [7, 11) is -3.64. The number of benzene rings is 2. The second kappa shape index (κ2) is 8.93. The largest absolute Gasteiger partial charge is 0.343 e. The molecule has 0 unspecified atom stereocenters. The van der Waals surface area contributed by atoms with Gasteiger partial charge in [-0.15, -0.1) is 0 Å². The molecule has 0 aliphatic carbocycles. The van der Waals surface area contributed by atoms with Crippen LogP contribution in [0.15, 0.2) is 47.4 Å². The first kappa shape index (κ1) is 21.9. The quantitative estimate of drug-likeness (QED) is 0.778. The standard InChI is InChI=1S/C21H24FN3O4S/c1-15-7-8-19(16(2)13-15)30(28,29)25-11-9-24(10-12-25)20(26)14-23-21(27)17-5-3-4-6-18(17)22/h3-8,13H,9-12,14H2,1-2H3,(H,23,27). The van der Waals surface area contributed by atoms with Crippen molar-refractivity contribution in [2.75, 3.05) is 32.7 Å². The van der Waals surface area contributed by atoms with Crippen LogP contribution in [0.1, 0.15) is 21.5 Å². The number of amides is 2. The molecule has 1 aliphatic rings. The van der Waals surface area contributed by atoms with E-state index in [-0.39, 0.29) is 49.1 Å². The number of hydrogen-bond acceptors (Lipinski definition) is 4. The molecular weight excluding hydrogens is 409 g/mol. The third-order valence-electron chi connectivity index (χ3n) is 5.06. The predicted molar refractivity (Wildman–Crippen MR) is 110 cm³/mol. The topological polar surface area (TPSA) is 86.8 Å². The van der Waals surface area contributed by atoms with Crippen molar-refractivity contribution < 1.29 is 22.4 Å². The summed E-state index contributed by atoms with van der Waals surface area (Å²) in [5, 5.41) is 2.41. The SMILES string of the molecule is Cc1ccc(S(=O)(=O)N2CCN(C(=O)CNC(=O)c3ccccc3F)CC2)c(C)c1. The van der Waals surface area contributed by atoms with Crippen LogP contribution in [-0.4, -0.2) is 62.2 Å². The Balaban J connectivity index is 1.56. The highest BCUT2D eigenvalue weighted by Crippen LogP contribution is 2.22. The minimum atomic E-state index is -3.64. The van der Waals surface area contributed by atoms with E-state index in [9.17, 15) is 22.4 Å². The zero-order valence-corrected chi connectivity index (χ0v) is 17.7. The van der Waals surface area contributed by atoms with E-state index in [1.54, 1.807) is 19.1 Å². The van der Waals surface area contributed by atoms with Crippen LogP contribution in [0.5, 0.6) is 0 Å². The van der Waals surface area contributed by atoms with Gasteiger partial charge in [0.1, 0.15) is 5.82 Å². The van der Waals surface area contributed by atoms with Crippen molar-refractivity contribution >= 4 is 21.8 Å². The predicted octanol–water partition coefficient (Wildman–Crippen LogP) is 1.71. The number of rotatable bonds is 5. The fraction of sp³-hybridized carbons (Fsp3) is 0.333. The highest BCUT2D eigenvalue weighted by Gasteiger charge is 2.31. The third kappa shape index (κ3) is 4.68. The minimum absolute atomic E-state index is 0.130. The van der Waals surface area contributed by atoms with E-state index in [2.05, 4.69) is 5.32 Å². The van der Waals surface area contributed by atoms with Gasteiger partial charge in [0.2, 0.25) is 15.9 Å². The average molecular weight is 434 g/mol. The monoisotopic (exact) mass is 433 g/mol. The van der Waals surface area contributed by atoms with E-state index in [1.165, 1.54) is 33.5 Å². The van der Waals surface area contributed by atoms with Gasteiger partial charge in [0, 0.05) is 26.2 Å². The summed E-state index contributed by atoms with van der Waals surface area (Å²) in [6.07, 6.45) is 0. The number of sulfonamides is 1. The van der Waals surface area contributed by atoms with Gasteiger partial charge in [0.25, 0.3) is 5.91 Å². The fourth-order valence-electron chi connectivity index (χ4n) is 3.41. The van der Waals surface area contributed by atoms with Gasteiger partial charge in [0.15, 0.2) is 0 Å². The van der Waals surface area contributed by atoms with Crippen molar-refractivity contribution in [2.24, 2.45) is 0 Å². The normalized spacial score (nSPS) is 15.1. The number of nitrogens with zero attached hydrogens (tertiary/aromatic N) is 2. The van der Waals surface area contributed by atoms with Crippen LogP contribution in [-0.2, 0) is 14.8 Å². The molecule has 2 aromatic carbocycles. The lowest BCUT2D eigenvalue weighted by atomic mass is 10.2. The summed E-state index contributed by atoms with van der Waals surface area (Å²) in [6, 6.07) is 10.7. The molecule has 0 atom stereocenters. The maximum Gasteiger partial charge on any atom is 0.254 e. The zero-order valence-electron chi connectivity index (χ0n) is 16.9. The summed E-state index contributed by atoms with van der Waals surface area (Å²) < 4.78 is 40.9. The van der Waals surface area contributed by atoms with Crippen molar-refractivity contribution in [3.63, 3.8) is 0 Å². The molecule has 9 heteroatoms. The van der Waals surface area contributed by atoms with E-state index in [0.717, 1.165) is 5.56 Å². The maximum absolute atomic E-state index is 13.6. The molecule has 0 aromatic heterocycles. The van der Waals surface area contributed by atoms with Crippen LogP contribution in [0.25, 0.3) is 0 Å². The van der Waals surface area contributed by atoms with Gasteiger partial charge in [0.05, 0.1) is 17.0 Å². The van der Waals surface area contributed by atoms with E-state index in [1.807, 2.05) is 13.0 Å². The number of carbonyl (C=O) groups excluding carboxylic acids is 2. The van der Waals surface area contributed by atoms with Crippen molar-refractivity contribution in [3.05, 3.63) is 65.0 Å². The summed E-state index contributed by atoms with van der Waals surface area (Å²) in [5.41, 5.74) is 1.54. The van der Waals surface area contributed by atoms with E-state index in [0.29, 0.717) is 5.56 Å². The van der Waals surface area contributed by atoms with Crippen molar-refractivity contribution in [2.45, 2.75) is 18.7 Å². The maximum atomic E-state index is 13.6. The Morgan fingerprint density at radius 3 is 2.33 bits per heavy atom. The van der Waals surface area contributed by atoms with Crippen LogP contribution in [0, 0.1) is 19.7 Å². The molecular formula is C21H24FN3O4S. The molecule has 0 spiro atoms.